The van der Waals surface area contributed by atoms with Crippen LogP contribution in [-0.4, -0.2) is 30.7 Å². The summed E-state index contributed by atoms with van der Waals surface area (Å²) in [5, 5.41) is 3.51. The first-order valence-corrected chi connectivity index (χ1v) is 10.3. The molecule has 0 aliphatic heterocycles. The number of hydrogen-bond acceptors (Lipinski definition) is 5. The Labute approximate surface area is 168 Å². The van der Waals surface area contributed by atoms with Crippen molar-refractivity contribution in [2.45, 2.75) is 11.9 Å². The van der Waals surface area contributed by atoms with E-state index in [9.17, 15) is 18.0 Å². The van der Waals surface area contributed by atoms with Crippen molar-refractivity contribution in [3.05, 3.63) is 53.0 Å². The molecule has 3 rings (SSSR count). The van der Waals surface area contributed by atoms with Crippen LogP contribution in [0.3, 0.4) is 0 Å². The van der Waals surface area contributed by atoms with E-state index in [2.05, 4.69) is 10.3 Å². The molecule has 1 N–H and O–H groups in total. The number of para-hydroxylation sites is 1. The van der Waals surface area contributed by atoms with Crippen LogP contribution in [0.2, 0.25) is 0 Å². The Balaban J connectivity index is 1.63. The second kappa shape index (κ2) is 8.40. The maximum Gasteiger partial charge on any atom is 0.416 e. The average molecular weight is 426 g/mol. The second-order valence-electron chi connectivity index (χ2n) is 6.24. The summed E-state index contributed by atoms with van der Waals surface area (Å²) in [6, 6.07) is 11.1. The van der Waals surface area contributed by atoms with Crippen molar-refractivity contribution in [1.29, 1.82) is 0 Å². The van der Waals surface area contributed by atoms with Crippen LogP contribution in [0.1, 0.15) is 10.6 Å². The van der Waals surface area contributed by atoms with E-state index in [0.717, 1.165) is 27.4 Å². The number of carbonyl (C=O) groups excluding carboxylic acids is 1. The van der Waals surface area contributed by atoms with Crippen LogP contribution in [0.4, 0.5) is 24.5 Å². The van der Waals surface area contributed by atoms with Gasteiger partial charge >= 0.3 is 6.18 Å². The zero-order valence-corrected chi connectivity index (χ0v) is 16.8. The van der Waals surface area contributed by atoms with E-state index < -0.39 is 11.7 Å². The minimum atomic E-state index is -4.47. The number of thioether (sulfide) groups is 1. The fourth-order valence-corrected chi connectivity index (χ4v) is 4.45. The minimum Gasteiger partial charge on any atom is -0.376 e. The van der Waals surface area contributed by atoms with Gasteiger partial charge in [-0.3, -0.25) is 4.79 Å². The Hall–Kier alpha value is -2.26. The molecule has 28 heavy (non-hydrogen) atoms. The first-order chi connectivity index (χ1) is 13.2. The number of amides is 1. The molecule has 0 unspecified atom stereocenters. The number of halogens is 3. The molecule has 1 aromatic heterocycles. The van der Waals surface area contributed by atoms with Crippen molar-refractivity contribution in [2.75, 3.05) is 30.1 Å². The predicted molar refractivity (Wildman–Crippen MR) is 110 cm³/mol. The van der Waals surface area contributed by atoms with Crippen LogP contribution in [0.15, 0.2) is 42.5 Å². The average Bonchev–Trinajstić information content (AvgIpc) is 3.03. The molecule has 1 heterocycles. The van der Waals surface area contributed by atoms with Crippen molar-refractivity contribution in [1.82, 2.24) is 4.98 Å². The molecule has 0 saturated carbocycles. The molecule has 0 aliphatic rings. The van der Waals surface area contributed by atoms with Gasteiger partial charge in [-0.05, 0) is 30.3 Å². The van der Waals surface area contributed by atoms with Gasteiger partial charge in [0.2, 0.25) is 5.91 Å². The van der Waals surface area contributed by atoms with Gasteiger partial charge in [0.05, 0.1) is 32.9 Å². The minimum absolute atomic E-state index is 0.124. The van der Waals surface area contributed by atoms with E-state index in [-0.39, 0.29) is 17.3 Å². The normalized spacial score (nSPS) is 11.6. The molecular weight excluding hydrogens is 407 g/mol. The number of benzene rings is 2. The van der Waals surface area contributed by atoms with Gasteiger partial charge in [0.15, 0.2) is 0 Å². The van der Waals surface area contributed by atoms with Gasteiger partial charge in [0.25, 0.3) is 0 Å². The van der Waals surface area contributed by atoms with Crippen LogP contribution in [0.5, 0.6) is 0 Å². The molecule has 0 fully saturated rings. The maximum atomic E-state index is 13.0. The van der Waals surface area contributed by atoms with Gasteiger partial charge in [-0.2, -0.15) is 13.2 Å². The van der Waals surface area contributed by atoms with Gasteiger partial charge in [0, 0.05) is 19.8 Å². The van der Waals surface area contributed by atoms with Gasteiger partial charge < -0.3 is 10.2 Å². The highest BCUT2D eigenvalue weighted by Gasteiger charge is 2.31. The number of aromatic nitrogens is 1. The van der Waals surface area contributed by atoms with Gasteiger partial charge in [-0.1, -0.05) is 12.1 Å². The van der Waals surface area contributed by atoms with Crippen LogP contribution < -0.4 is 10.2 Å². The Morgan fingerprint density at radius 3 is 2.64 bits per heavy atom. The van der Waals surface area contributed by atoms with Gasteiger partial charge in [-0.15, -0.1) is 23.1 Å². The number of carbonyl (C=O) groups is 1. The van der Waals surface area contributed by atoms with Crippen molar-refractivity contribution in [3.63, 3.8) is 0 Å². The highest BCUT2D eigenvalue weighted by Crippen LogP contribution is 2.35. The fourth-order valence-electron chi connectivity index (χ4n) is 2.60. The monoisotopic (exact) mass is 425 g/mol. The van der Waals surface area contributed by atoms with Gasteiger partial charge in [-0.25, -0.2) is 4.98 Å². The summed E-state index contributed by atoms with van der Waals surface area (Å²) in [6.45, 7) is 0. The van der Waals surface area contributed by atoms with Crippen molar-refractivity contribution < 1.29 is 18.0 Å². The van der Waals surface area contributed by atoms with E-state index >= 15 is 0 Å². The molecular formula is C19H18F3N3OS2. The largest absolute Gasteiger partial charge is 0.416 e. The Morgan fingerprint density at radius 2 is 1.96 bits per heavy atom. The molecule has 0 aliphatic carbocycles. The molecule has 9 heteroatoms. The molecule has 0 atom stereocenters. The zero-order valence-electron chi connectivity index (χ0n) is 15.2. The lowest BCUT2D eigenvalue weighted by Crippen LogP contribution is -2.19. The van der Waals surface area contributed by atoms with E-state index in [1.807, 2.05) is 24.3 Å². The Kier molecular flexibility index (Phi) is 6.14. The zero-order chi connectivity index (χ0) is 20.3. The van der Waals surface area contributed by atoms with Crippen molar-refractivity contribution >= 4 is 50.6 Å². The Bertz CT molecular complexity index is 953. The lowest BCUT2D eigenvalue weighted by Gasteiger charge is -2.19. The number of alkyl halides is 3. The molecule has 0 spiro atoms. The molecule has 3 aromatic rings. The highest BCUT2D eigenvalue weighted by atomic mass is 32.2. The number of rotatable bonds is 6. The summed E-state index contributed by atoms with van der Waals surface area (Å²) in [5.74, 6) is 0.336. The summed E-state index contributed by atoms with van der Waals surface area (Å²) < 4.78 is 40.0. The molecule has 4 nitrogen and oxygen atoms in total. The van der Waals surface area contributed by atoms with E-state index in [4.69, 9.17) is 0 Å². The number of nitrogens with zero attached hydrogens (tertiary/aromatic N) is 2. The lowest BCUT2D eigenvalue weighted by atomic mass is 10.1. The third-order valence-corrected chi connectivity index (χ3v) is 6.04. The van der Waals surface area contributed by atoms with E-state index in [1.165, 1.54) is 17.8 Å². The summed E-state index contributed by atoms with van der Waals surface area (Å²) in [7, 11) is 3.42. The van der Waals surface area contributed by atoms with Crippen molar-refractivity contribution in [3.8, 4) is 0 Å². The van der Waals surface area contributed by atoms with E-state index in [0.29, 0.717) is 11.4 Å². The maximum absolute atomic E-state index is 13.0. The molecule has 148 valence electrons. The summed E-state index contributed by atoms with van der Waals surface area (Å²) in [4.78, 5) is 18.4. The first kappa shape index (κ1) is 20.5. The summed E-state index contributed by atoms with van der Waals surface area (Å²) in [5.41, 5.74) is 0.783. The molecule has 0 saturated heterocycles. The molecule has 1 amide bonds. The SMILES string of the molecule is CN(C)c1ccc(C(F)(F)F)cc1NC(=O)CSCc1nc2ccccc2s1. The standard InChI is InChI=1S/C19H18F3N3OS2/c1-25(2)15-8-7-12(19(20,21)22)9-14(15)23-17(26)10-27-11-18-24-13-5-3-4-6-16(13)28-18/h3-9H,10-11H2,1-2H3,(H,23,26). The number of fused-ring (bicyclic) bond motifs is 1. The Morgan fingerprint density at radius 1 is 1.21 bits per heavy atom. The molecule has 0 radical (unpaired) electrons. The first-order valence-electron chi connectivity index (χ1n) is 8.34. The third kappa shape index (κ3) is 4.96. The lowest BCUT2D eigenvalue weighted by molar-refractivity contribution is -0.137. The molecule has 0 bridgehead atoms. The molecule has 2 aromatic carbocycles. The number of anilines is 2. The summed E-state index contributed by atoms with van der Waals surface area (Å²) in [6.07, 6.45) is -4.47. The van der Waals surface area contributed by atoms with Crippen molar-refractivity contribution in [2.24, 2.45) is 0 Å². The fraction of sp³-hybridized carbons (Fsp3) is 0.263. The van der Waals surface area contributed by atoms with E-state index in [1.54, 1.807) is 30.3 Å². The van der Waals surface area contributed by atoms with Crippen LogP contribution in [0, 0.1) is 0 Å². The topological polar surface area (TPSA) is 45.2 Å². The predicted octanol–water partition coefficient (Wildman–Crippen LogP) is 5.25. The number of thiazole rings is 1. The van der Waals surface area contributed by atoms with Crippen LogP contribution >= 0.6 is 23.1 Å². The number of hydrogen-bond donors (Lipinski definition) is 1. The smallest absolute Gasteiger partial charge is 0.376 e. The van der Waals surface area contributed by atoms with Crippen LogP contribution in [-0.2, 0) is 16.7 Å². The quantitative estimate of drug-likeness (QED) is 0.586. The van der Waals surface area contributed by atoms with Crippen LogP contribution in [0.25, 0.3) is 10.2 Å². The summed E-state index contributed by atoms with van der Waals surface area (Å²) >= 11 is 2.94. The van der Waals surface area contributed by atoms with Gasteiger partial charge in [0.1, 0.15) is 5.01 Å². The number of nitrogens with one attached hydrogen (secondary N) is 1. The third-order valence-electron chi connectivity index (χ3n) is 3.88. The highest BCUT2D eigenvalue weighted by molar-refractivity contribution is 7.99. The second-order valence-corrected chi connectivity index (χ2v) is 8.34.